The highest BCUT2D eigenvalue weighted by molar-refractivity contribution is 7.98. The van der Waals surface area contributed by atoms with Crippen LogP contribution in [0.25, 0.3) is 10.8 Å². The van der Waals surface area contributed by atoms with Crippen molar-refractivity contribution in [3.05, 3.63) is 47.5 Å². The normalized spacial score (nSPS) is 16.1. The molecule has 2 fully saturated rings. The van der Waals surface area contributed by atoms with Crippen LogP contribution in [0.4, 0.5) is 0 Å². The summed E-state index contributed by atoms with van der Waals surface area (Å²) in [6.45, 7) is 3.27. The van der Waals surface area contributed by atoms with Gasteiger partial charge < -0.3 is 20.7 Å². The topological polar surface area (TPSA) is 79.5 Å². The molecule has 2 aromatic rings. The summed E-state index contributed by atoms with van der Waals surface area (Å²) in [6.07, 6.45) is 7.84. The van der Waals surface area contributed by atoms with Crippen LogP contribution in [-0.2, 0) is 20.9 Å². The molecule has 180 valence electrons. The van der Waals surface area contributed by atoms with Crippen LogP contribution < -0.4 is 16.0 Å². The number of amides is 1. The maximum atomic E-state index is 12.3. The van der Waals surface area contributed by atoms with E-state index in [1.807, 2.05) is 12.3 Å². The van der Waals surface area contributed by atoms with Crippen molar-refractivity contribution in [2.45, 2.75) is 50.6 Å². The van der Waals surface area contributed by atoms with E-state index in [2.05, 4.69) is 46.3 Å². The van der Waals surface area contributed by atoms with E-state index in [1.165, 1.54) is 67.8 Å². The van der Waals surface area contributed by atoms with Gasteiger partial charge in [-0.3, -0.25) is 4.79 Å². The Labute approximate surface area is 201 Å². The summed E-state index contributed by atoms with van der Waals surface area (Å²) in [4.78, 5) is 24.1. The second-order valence-corrected chi connectivity index (χ2v) is 9.65. The molecule has 6 nitrogen and oxygen atoms in total. The van der Waals surface area contributed by atoms with Crippen molar-refractivity contribution >= 4 is 34.4 Å². The minimum Gasteiger partial charge on any atom is -0.467 e. The number of hydrogen-bond acceptors (Lipinski definition) is 6. The van der Waals surface area contributed by atoms with Crippen LogP contribution >= 0.6 is 11.8 Å². The number of nitrogens with one attached hydrogen (secondary N) is 3. The fourth-order valence-electron chi connectivity index (χ4n) is 4.02. The Bertz CT molecular complexity index is 905. The molecule has 3 N–H and O–H groups in total. The van der Waals surface area contributed by atoms with Gasteiger partial charge >= 0.3 is 5.97 Å². The van der Waals surface area contributed by atoms with Crippen molar-refractivity contribution in [3.8, 4) is 0 Å². The zero-order valence-corrected chi connectivity index (χ0v) is 20.6. The van der Waals surface area contributed by atoms with Gasteiger partial charge in [0.25, 0.3) is 0 Å². The summed E-state index contributed by atoms with van der Waals surface area (Å²) in [5.74, 6) is 0.876. The molecule has 2 aromatic carbocycles. The molecule has 0 radical (unpaired) electrons. The van der Waals surface area contributed by atoms with Gasteiger partial charge in [0.05, 0.1) is 13.7 Å². The SMILES string of the molecule is C1CCNC1.COC(=O)C(CCSC)NC(=O)CNCc1cc(C2CC2)cc2ccccc12. The fraction of sp³-hybridized carbons (Fsp3) is 0.538. The van der Waals surface area contributed by atoms with Crippen LogP contribution in [0.2, 0.25) is 0 Å². The molecule has 4 rings (SSSR count). The van der Waals surface area contributed by atoms with Crippen molar-refractivity contribution < 1.29 is 14.3 Å². The average molecular weight is 472 g/mol. The minimum atomic E-state index is -0.592. The van der Waals surface area contributed by atoms with Crippen molar-refractivity contribution in [2.75, 3.05) is 38.8 Å². The molecule has 1 atom stereocenters. The molecule has 1 amide bonds. The smallest absolute Gasteiger partial charge is 0.328 e. The molecule has 1 saturated carbocycles. The van der Waals surface area contributed by atoms with Gasteiger partial charge in [-0.15, -0.1) is 0 Å². The summed E-state index contributed by atoms with van der Waals surface area (Å²) < 4.78 is 4.79. The van der Waals surface area contributed by atoms with Crippen molar-refractivity contribution in [1.29, 1.82) is 0 Å². The van der Waals surface area contributed by atoms with Crippen LogP contribution in [0, 0.1) is 0 Å². The molecule has 1 aliphatic heterocycles. The van der Waals surface area contributed by atoms with Crippen LogP contribution in [0.1, 0.15) is 49.1 Å². The van der Waals surface area contributed by atoms with Crippen LogP contribution in [0.3, 0.4) is 0 Å². The van der Waals surface area contributed by atoms with Gasteiger partial charge in [0.15, 0.2) is 0 Å². The van der Waals surface area contributed by atoms with Crippen LogP contribution in [0.15, 0.2) is 36.4 Å². The lowest BCUT2D eigenvalue weighted by Gasteiger charge is -2.16. The summed E-state index contributed by atoms with van der Waals surface area (Å²) in [7, 11) is 1.34. The Balaban J connectivity index is 0.000000541. The van der Waals surface area contributed by atoms with E-state index in [9.17, 15) is 9.59 Å². The molecule has 0 aromatic heterocycles. The van der Waals surface area contributed by atoms with Gasteiger partial charge in [0.2, 0.25) is 5.91 Å². The molecule has 0 bridgehead atoms. The van der Waals surface area contributed by atoms with Crippen molar-refractivity contribution in [2.24, 2.45) is 0 Å². The number of carbonyl (C=O) groups excluding carboxylic acids is 2. The zero-order chi connectivity index (χ0) is 23.5. The van der Waals surface area contributed by atoms with Crippen LogP contribution in [-0.4, -0.2) is 56.7 Å². The quantitative estimate of drug-likeness (QED) is 0.460. The second-order valence-electron chi connectivity index (χ2n) is 8.66. The van der Waals surface area contributed by atoms with Gasteiger partial charge in [0.1, 0.15) is 6.04 Å². The van der Waals surface area contributed by atoms with Gasteiger partial charge in [-0.2, -0.15) is 11.8 Å². The Morgan fingerprint density at radius 1 is 1.18 bits per heavy atom. The molecule has 1 unspecified atom stereocenters. The molecule has 1 aliphatic carbocycles. The maximum absolute atomic E-state index is 12.3. The molecule has 0 spiro atoms. The largest absolute Gasteiger partial charge is 0.467 e. The highest BCUT2D eigenvalue weighted by Gasteiger charge is 2.24. The van der Waals surface area contributed by atoms with Gasteiger partial charge in [-0.1, -0.05) is 36.4 Å². The Morgan fingerprint density at radius 2 is 1.94 bits per heavy atom. The lowest BCUT2D eigenvalue weighted by molar-refractivity contribution is -0.145. The summed E-state index contributed by atoms with van der Waals surface area (Å²) in [5.41, 5.74) is 2.60. The lowest BCUT2D eigenvalue weighted by atomic mass is 9.98. The standard InChI is InChI=1S/C22H28N2O3S.C4H9N/c1-27-22(26)20(9-10-28-2)24-21(25)14-23-13-18-12-17(15-7-8-15)11-16-5-3-4-6-19(16)18;1-2-4-5-3-1/h3-6,11-12,15,20,23H,7-10,13-14H2,1-2H3,(H,24,25);5H,1-4H2. The van der Waals surface area contributed by atoms with E-state index < -0.39 is 12.0 Å². The molecule has 1 heterocycles. The zero-order valence-electron chi connectivity index (χ0n) is 19.8. The number of benzene rings is 2. The van der Waals surface area contributed by atoms with Crippen LogP contribution in [0.5, 0.6) is 0 Å². The third kappa shape index (κ3) is 8.32. The molecule has 1 saturated heterocycles. The number of methoxy groups -OCH3 is 1. The van der Waals surface area contributed by atoms with E-state index in [0.29, 0.717) is 18.9 Å². The maximum Gasteiger partial charge on any atom is 0.328 e. The number of ether oxygens (including phenoxy) is 1. The monoisotopic (exact) mass is 471 g/mol. The highest BCUT2D eigenvalue weighted by Crippen LogP contribution is 2.41. The third-order valence-electron chi connectivity index (χ3n) is 6.01. The minimum absolute atomic E-state index is 0.161. The van der Waals surface area contributed by atoms with E-state index in [1.54, 1.807) is 11.8 Å². The predicted octanol–water partition coefficient (Wildman–Crippen LogP) is 3.59. The molecule has 2 aliphatic rings. The highest BCUT2D eigenvalue weighted by atomic mass is 32.2. The fourth-order valence-corrected chi connectivity index (χ4v) is 4.49. The Hall–Kier alpha value is -2.09. The van der Waals surface area contributed by atoms with Crippen molar-refractivity contribution in [3.63, 3.8) is 0 Å². The number of thioether (sulfide) groups is 1. The summed E-state index contributed by atoms with van der Waals surface area (Å²) in [6, 6.07) is 12.3. The first kappa shape index (κ1) is 25.5. The van der Waals surface area contributed by atoms with Gasteiger partial charge in [-0.05, 0) is 85.0 Å². The summed E-state index contributed by atoms with van der Waals surface area (Å²) in [5, 5.41) is 11.7. The predicted molar refractivity (Wildman–Crippen MR) is 137 cm³/mol. The first-order chi connectivity index (χ1) is 16.1. The Kier molecular flexibility index (Phi) is 10.5. The third-order valence-corrected chi connectivity index (χ3v) is 6.65. The number of esters is 1. The van der Waals surface area contributed by atoms with E-state index in [4.69, 9.17) is 4.74 Å². The van der Waals surface area contributed by atoms with E-state index in [-0.39, 0.29) is 12.5 Å². The molecular formula is C26H37N3O3S. The number of rotatable bonds is 10. The number of fused-ring (bicyclic) bond motifs is 1. The summed E-state index contributed by atoms with van der Waals surface area (Å²) >= 11 is 1.64. The average Bonchev–Trinajstić information content (AvgIpc) is 3.51. The first-order valence-corrected chi connectivity index (χ1v) is 13.3. The second kappa shape index (κ2) is 13.6. The Morgan fingerprint density at radius 3 is 2.58 bits per heavy atom. The van der Waals surface area contributed by atoms with Gasteiger partial charge in [0, 0.05) is 6.54 Å². The van der Waals surface area contributed by atoms with E-state index >= 15 is 0 Å². The molecular weight excluding hydrogens is 434 g/mol. The van der Waals surface area contributed by atoms with Crippen molar-refractivity contribution in [1.82, 2.24) is 16.0 Å². The first-order valence-electron chi connectivity index (χ1n) is 11.9. The lowest BCUT2D eigenvalue weighted by Crippen LogP contribution is -2.45. The number of hydrogen-bond donors (Lipinski definition) is 3. The van der Waals surface area contributed by atoms with E-state index in [0.717, 1.165) is 5.75 Å². The van der Waals surface area contributed by atoms with Gasteiger partial charge in [-0.25, -0.2) is 4.79 Å². The molecule has 33 heavy (non-hydrogen) atoms. The number of carbonyl (C=O) groups is 2. The molecule has 7 heteroatoms.